The van der Waals surface area contributed by atoms with Gasteiger partial charge in [0.25, 0.3) is 0 Å². The van der Waals surface area contributed by atoms with Gasteiger partial charge in [0.2, 0.25) is 0 Å². The first-order valence-electron chi connectivity index (χ1n) is 8.08. The molecule has 1 saturated heterocycles. The summed E-state index contributed by atoms with van der Waals surface area (Å²) in [4.78, 5) is 2.58. The zero-order chi connectivity index (χ0) is 14.8. The molecular formula is C17H24ClFN2. The SMILES string of the molecule is CCCC1CN(Cc2ccc(F)c(Cl)c2)C(C2CC2)CN1. The van der Waals surface area contributed by atoms with Crippen molar-refractivity contribution >= 4 is 11.6 Å². The molecule has 1 aliphatic heterocycles. The molecule has 0 bridgehead atoms. The average molecular weight is 311 g/mol. The highest BCUT2D eigenvalue weighted by Crippen LogP contribution is 2.37. The molecule has 21 heavy (non-hydrogen) atoms. The smallest absolute Gasteiger partial charge is 0.141 e. The Morgan fingerprint density at radius 1 is 1.38 bits per heavy atom. The first kappa shape index (κ1) is 15.3. The minimum absolute atomic E-state index is 0.232. The molecule has 1 heterocycles. The lowest BCUT2D eigenvalue weighted by molar-refractivity contribution is 0.104. The van der Waals surface area contributed by atoms with Gasteiger partial charge < -0.3 is 5.32 Å². The van der Waals surface area contributed by atoms with Crippen molar-refractivity contribution in [2.75, 3.05) is 13.1 Å². The van der Waals surface area contributed by atoms with Crippen LogP contribution in [0.3, 0.4) is 0 Å². The fraction of sp³-hybridized carbons (Fsp3) is 0.647. The molecule has 1 aromatic carbocycles. The number of nitrogens with zero attached hydrogens (tertiary/aromatic N) is 1. The van der Waals surface area contributed by atoms with Gasteiger partial charge in [0, 0.05) is 31.7 Å². The maximum Gasteiger partial charge on any atom is 0.141 e. The van der Waals surface area contributed by atoms with Crippen LogP contribution in [-0.4, -0.2) is 30.1 Å². The maximum absolute atomic E-state index is 13.3. The van der Waals surface area contributed by atoms with Crippen LogP contribution in [-0.2, 0) is 6.54 Å². The Balaban J connectivity index is 1.70. The van der Waals surface area contributed by atoms with Gasteiger partial charge in [0.05, 0.1) is 5.02 Å². The highest BCUT2D eigenvalue weighted by atomic mass is 35.5. The number of nitrogens with one attached hydrogen (secondary N) is 1. The molecule has 1 aliphatic carbocycles. The van der Waals surface area contributed by atoms with Crippen LogP contribution in [0.4, 0.5) is 4.39 Å². The molecule has 1 aromatic rings. The van der Waals surface area contributed by atoms with E-state index in [1.807, 2.05) is 6.07 Å². The lowest BCUT2D eigenvalue weighted by Crippen LogP contribution is -2.56. The summed E-state index contributed by atoms with van der Waals surface area (Å²) in [7, 11) is 0. The molecule has 0 aromatic heterocycles. The third-order valence-electron chi connectivity index (χ3n) is 4.71. The normalized spacial score (nSPS) is 27.0. The van der Waals surface area contributed by atoms with Crippen molar-refractivity contribution in [1.82, 2.24) is 10.2 Å². The molecule has 0 spiro atoms. The zero-order valence-corrected chi connectivity index (χ0v) is 13.4. The summed E-state index contributed by atoms with van der Waals surface area (Å²) in [6.45, 7) is 5.29. The fourth-order valence-electron chi connectivity index (χ4n) is 3.44. The van der Waals surface area contributed by atoms with Gasteiger partial charge in [0.15, 0.2) is 0 Å². The minimum atomic E-state index is -0.330. The highest BCUT2D eigenvalue weighted by molar-refractivity contribution is 6.30. The van der Waals surface area contributed by atoms with Crippen molar-refractivity contribution in [1.29, 1.82) is 0 Å². The Labute approximate surface area is 131 Å². The number of halogens is 2. The van der Waals surface area contributed by atoms with Crippen molar-refractivity contribution < 1.29 is 4.39 Å². The van der Waals surface area contributed by atoms with Gasteiger partial charge >= 0.3 is 0 Å². The maximum atomic E-state index is 13.3. The number of benzene rings is 1. The first-order chi connectivity index (χ1) is 10.2. The number of piperazine rings is 1. The first-order valence-corrected chi connectivity index (χ1v) is 8.46. The Morgan fingerprint density at radius 3 is 2.86 bits per heavy atom. The summed E-state index contributed by atoms with van der Waals surface area (Å²) in [6.07, 6.45) is 5.14. The van der Waals surface area contributed by atoms with Crippen LogP contribution in [0.1, 0.15) is 38.2 Å². The van der Waals surface area contributed by atoms with Crippen LogP contribution in [0.15, 0.2) is 18.2 Å². The van der Waals surface area contributed by atoms with E-state index in [0.717, 1.165) is 31.1 Å². The van der Waals surface area contributed by atoms with E-state index in [1.54, 1.807) is 6.07 Å². The molecule has 1 saturated carbocycles. The summed E-state index contributed by atoms with van der Waals surface area (Å²) in [5, 5.41) is 3.93. The van der Waals surface area contributed by atoms with Gasteiger partial charge in [-0.05, 0) is 42.9 Å². The molecule has 2 unspecified atom stereocenters. The van der Waals surface area contributed by atoms with Crippen molar-refractivity contribution in [3.8, 4) is 0 Å². The fourth-order valence-corrected chi connectivity index (χ4v) is 3.64. The number of rotatable bonds is 5. The Bertz CT molecular complexity index is 490. The zero-order valence-electron chi connectivity index (χ0n) is 12.6. The predicted octanol–water partition coefficient (Wildman–Crippen LogP) is 3.83. The molecule has 2 fully saturated rings. The summed E-state index contributed by atoms with van der Waals surface area (Å²) in [6, 6.07) is 6.33. The Hall–Kier alpha value is -0.640. The van der Waals surface area contributed by atoms with Gasteiger partial charge in [-0.1, -0.05) is 31.0 Å². The summed E-state index contributed by atoms with van der Waals surface area (Å²) in [5.74, 6) is 0.513. The van der Waals surface area contributed by atoms with Gasteiger partial charge in [0.1, 0.15) is 5.82 Å². The van der Waals surface area contributed by atoms with Crippen molar-refractivity contribution in [3.05, 3.63) is 34.6 Å². The summed E-state index contributed by atoms with van der Waals surface area (Å²) < 4.78 is 13.3. The third kappa shape index (κ3) is 3.77. The second-order valence-electron chi connectivity index (χ2n) is 6.48. The lowest BCUT2D eigenvalue weighted by Gasteiger charge is -2.41. The molecular weight excluding hydrogens is 287 g/mol. The van der Waals surface area contributed by atoms with Crippen molar-refractivity contribution in [3.63, 3.8) is 0 Å². The van der Waals surface area contributed by atoms with E-state index in [9.17, 15) is 4.39 Å². The predicted molar refractivity (Wildman–Crippen MR) is 85.0 cm³/mol. The van der Waals surface area contributed by atoms with E-state index >= 15 is 0 Å². The lowest BCUT2D eigenvalue weighted by atomic mass is 10.0. The van der Waals surface area contributed by atoms with Crippen LogP contribution in [0.5, 0.6) is 0 Å². The standard InChI is InChI=1S/C17H24ClFN2/c1-2-3-14-11-21(17(9-20-14)13-5-6-13)10-12-4-7-16(19)15(18)8-12/h4,7-8,13-14,17,20H,2-3,5-6,9-11H2,1H3. The van der Waals surface area contributed by atoms with E-state index < -0.39 is 0 Å². The monoisotopic (exact) mass is 310 g/mol. The minimum Gasteiger partial charge on any atom is -0.311 e. The second-order valence-corrected chi connectivity index (χ2v) is 6.88. The summed E-state index contributed by atoms with van der Waals surface area (Å²) >= 11 is 5.92. The molecule has 2 nitrogen and oxygen atoms in total. The van der Waals surface area contributed by atoms with Crippen LogP contribution in [0.25, 0.3) is 0 Å². The molecule has 2 atom stereocenters. The van der Waals surface area contributed by atoms with Gasteiger partial charge in [-0.2, -0.15) is 0 Å². The van der Waals surface area contributed by atoms with Gasteiger partial charge in [-0.25, -0.2) is 4.39 Å². The Kier molecular flexibility index (Phi) is 4.82. The molecule has 0 amide bonds. The van der Waals surface area contributed by atoms with Crippen molar-refractivity contribution in [2.24, 2.45) is 5.92 Å². The van der Waals surface area contributed by atoms with E-state index in [-0.39, 0.29) is 10.8 Å². The molecule has 4 heteroatoms. The second kappa shape index (κ2) is 6.64. The molecule has 0 radical (unpaired) electrons. The third-order valence-corrected chi connectivity index (χ3v) is 5.00. The highest BCUT2D eigenvalue weighted by Gasteiger charge is 2.38. The van der Waals surface area contributed by atoms with E-state index in [1.165, 1.54) is 31.7 Å². The average Bonchev–Trinajstić information content (AvgIpc) is 3.28. The van der Waals surface area contributed by atoms with Crippen LogP contribution >= 0.6 is 11.6 Å². The van der Waals surface area contributed by atoms with Crippen LogP contribution < -0.4 is 5.32 Å². The van der Waals surface area contributed by atoms with Gasteiger partial charge in [-0.15, -0.1) is 0 Å². The van der Waals surface area contributed by atoms with Crippen LogP contribution in [0.2, 0.25) is 5.02 Å². The molecule has 116 valence electrons. The number of hydrogen-bond acceptors (Lipinski definition) is 2. The van der Waals surface area contributed by atoms with Crippen molar-refractivity contribution in [2.45, 2.75) is 51.2 Å². The summed E-state index contributed by atoms with van der Waals surface area (Å²) in [5.41, 5.74) is 1.11. The van der Waals surface area contributed by atoms with Gasteiger partial charge in [-0.3, -0.25) is 4.90 Å². The molecule has 2 aliphatic rings. The topological polar surface area (TPSA) is 15.3 Å². The largest absolute Gasteiger partial charge is 0.311 e. The van der Waals surface area contributed by atoms with Crippen LogP contribution in [0, 0.1) is 11.7 Å². The van der Waals surface area contributed by atoms with E-state index in [2.05, 4.69) is 17.1 Å². The van der Waals surface area contributed by atoms with E-state index in [4.69, 9.17) is 11.6 Å². The molecule has 3 rings (SSSR count). The van der Waals surface area contributed by atoms with E-state index in [0.29, 0.717) is 12.1 Å². The number of hydrogen-bond donors (Lipinski definition) is 1. The molecule has 1 N–H and O–H groups in total. The quantitative estimate of drug-likeness (QED) is 0.889. The Morgan fingerprint density at radius 2 is 2.19 bits per heavy atom.